The van der Waals surface area contributed by atoms with Gasteiger partial charge in [-0.1, -0.05) is 6.92 Å². The molecule has 16 heavy (non-hydrogen) atoms. The highest BCUT2D eigenvalue weighted by atomic mass is 15.3. The molecule has 2 N–H and O–H groups in total. The molecule has 0 spiro atoms. The lowest BCUT2D eigenvalue weighted by Gasteiger charge is -2.19. The molecule has 0 saturated heterocycles. The van der Waals surface area contributed by atoms with Crippen LogP contribution in [-0.4, -0.2) is 40.9 Å². The van der Waals surface area contributed by atoms with Gasteiger partial charge in [0.2, 0.25) is 0 Å². The van der Waals surface area contributed by atoms with Crippen molar-refractivity contribution in [2.75, 3.05) is 26.2 Å². The minimum absolute atomic E-state index is 0.735. The molecule has 0 aromatic carbocycles. The van der Waals surface area contributed by atoms with Gasteiger partial charge in [-0.05, 0) is 32.4 Å². The summed E-state index contributed by atoms with van der Waals surface area (Å²) in [5.74, 6) is 0. The number of rotatable bonds is 6. The molecule has 1 rings (SSSR count). The summed E-state index contributed by atoms with van der Waals surface area (Å²) in [6.07, 6.45) is 1.07. The van der Waals surface area contributed by atoms with Gasteiger partial charge in [0.05, 0.1) is 5.69 Å². The van der Waals surface area contributed by atoms with E-state index < -0.39 is 0 Å². The fraction of sp³-hybridized carbons (Fsp3) is 0.750. The molecule has 0 aliphatic rings. The van der Waals surface area contributed by atoms with E-state index in [0.717, 1.165) is 38.3 Å². The molecule has 1 aromatic rings. The molecule has 4 nitrogen and oxygen atoms in total. The largest absolute Gasteiger partial charge is 0.329 e. The van der Waals surface area contributed by atoms with E-state index in [1.165, 1.54) is 11.3 Å². The van der Waals surface area contributed by atoms with Gasteiger partial charge >= 0.3 is 0 Å². The second kappa shape index (κ2) is 6.01. The molecule has 0 amide bonds. The molecule has 0 bridgehead atoms. The molecule has 0 unspecified atom stereocenters. The first kappa shape index (κ1) is 13.2. The van der Waals surface area contributed by atoms with Crippen molar-refractivity contribution in [3.63, 3.8) is 0 Å². The summed E-state index contributed by atoms with van der Waals surface area (Å²) in [4.78, 5) is 2.38. The molecule has 0 saturated carbocycles. The number of nitrogens with two attached hydrogens (primary N) is 1. The van der Waals surface area contributed by atoms with E-state index in [2.05, 4.69) is 30.8 Å². The van der Waals surface area contributed by atoms with Crippen LogP contribution < -0.4 is 5.73 Å². The van der Waals surface area contributed by atoms with Gasteiger partial charge in [0.25, 0.3) is 0 Å². The summed E-state index contributed by atoms with van der Waals surface area (Å²) in [6, 6.07) is 0. The highest BCUT2D eigenvalue weighted by Gasteiger charge is 2.10. The van der Waals surface area contributed by atoms with Crippen molar-refractivity contribution in [1.82, 2.24) is 14.7 Å². The standard InChI is InChI=1S/C12H24N4/c1-5-16(9-7-13)8-6-12-10(2)14-15(4)11(12)3/h5-9,13H2,1-4H3. The third-order valence-corrected chi connectivity index (χ3v) is 3.23. The maximum absolute atomic E-state index is 5.58. The molecule has 4 heteroatoms. The minimum atomic E-state index is 0.735. The van der Waals surface area contributed by atoms with Crippen LogP contribution >= 0.6 is 0 Å². The molecular weight excluding hydrogens is 200 g/mol. The Morgan fingerprint density at radius 3 is 2.44 bits per heavy atom. The summed E-state index contributed by atoms with van der Waals surface area (Å²) >= 11 is 0. The zero-order chi connectivity index (χ0) is 12.1. The van der Waals surface area contributed by atoms with Crippen LogP contribution in [0.5, 0.6) is 0 Å². The van der Waals surface area contributed by atoms with Gasteiger partial charge < -0.3 is 10.6 Å². The van der Waals surface area contributed by atoms with E-state index in [0.29, 0.717) is 0 Å². The minimum Gasteiger partial charge on any atom is -0.329 e. The van der Waals surface area contributed by atoms with Crippen LogP contribution in [-0.2, 0) is 13.5 Å². The Labute approximate surface area is 98.4 Å². The zero-order valence-electron chi connectivity index (χ0n) is 11.0. The summed E-state index contributed by atoms with van der Waals surface area (Å²) in [7, 11) is 2.00. The average molecular weight is 224 g/mol. The molecule has 1 aromatic heterocycles. The number of likely N-dealkylation sites (N-methyl/N-ethyl adjacent to an activating group) is 1. The van der Waals surface area contributed by atoms with Crippen molar-refractivity contribution in [3.8, 4) is 0 Å². The Bertz CT molecular complexity index is 330. The lowest BCUT2D eigenvalue weighted by molar-refractivity contribution is 0.300. The van der Waals surface area contributed by atoms with E-state index in [1.54, 1.807) is 0 Å². The third-order valence-electron chi connectivity index (χ3n) is 3.23. The van der Waals surface area contributed by atoms with Crippen LogP contribution in [0, 0.1) is 13.8 Å². The molecule has 0 atom stereocenters. The molecule has 0 aliphatic carbocycles. The Kier molecular flexibility index (Phi) is 4.96. The monoisotopic (exact) mass is 224 g/mol. The van der Waals surface area contributed by atoms with Gasteiger partial charge in [-0.15, -0.1) is 0 Å². The van der Waals surface area contributed by atoms with Crippen molar-refractivity contribution in [3.05, 3.63) is 17.0 Å². The summed E-state index contributed by atoms with van der Waals surface area (Å²) < 4.78 is 1.96. The maximum Gasteiger partial charge on any atom is 0.0628 e. The van der Waals surface area contributed by atoms with Crippen molar-refractivity contribution < 1.29 is 0 Å². The first-order valence-electron chi connectivity index (χ1n) is 6.01. The van der Waals surface area contributed by atoms with Gasteiger partial charge in [-0.3, -0.25) is 4.68 Å². The van der Waals surface area contributed by atoms with Gasteiger partial charge in [0, 0.05) is 32.4 Å². The van der Waals surface area contributed by atoms with Gasteiger partial charge in [0.1, 0.15) is 0 Å². The molecule has 0 fully saturated rings. The molecule has 0 aliphatic heterocycles. The average Bonchev–Trinajstić information content (AvgIpc) is 2.49. The van der Waals surface area contributed by atoms with Crippen LogP contribution in [0.3, 0.4) is 0 Å². The topological polar surface area (TPSA) is 47.1 Å². The quantitative estimate of drug-likeness (QED) is 0.779. The van der Waals surface area contributed by atoms with E-state index in [1.807, 2.05) is 11.7 Å². The number of aryl methyl sites for hydroxylation is 2. The highest BCUT2D eigenvalue weighted by molar-refractivity contribution is 5.24. The number of aromatic nitrogens is 2. The lowest BCUT2D eigenvalue weighted by atomic mass is 10.1. The summed E-state index contributed by atoms with van der Waals surface area (Å²) in [6.45, 7) is 10.2. The number of nitrogens with zero attached hydrogens (tertiary/aromatic N) is 3. The van der Waals surface area contributed by atoms with Crippen LogP contribution in [0.4, 0.5) is 0 Å². The van der Waals surface area contributed by atoms with Crippen molar-refractivity contribution in [2.24, 2.45) is 12.8 Å². The number of hydrogen-bond donors (Lipinski definition) is 1. The van der Waals surface area contributed by atoms with E-state index in [-0.39, 0.29) is 0 Å². The van der Waals surface area contributed by atoms with E-state index in [4.69, 9.17) is 5.73 Å². The first-order chi connectivity index (χ1) is 7.60. The highest BCUT2D eigenvalue weighted by Crippen LogP contribution is 2.12. The fourth-order valence-electron chi connectivity index (χ4n) is 2.06. The predicted molar refractivity (Wildman–Crippen MR) is 67.6 cm³/mol. The SMILES string of the molecule is CCN(CCN)CCc1c(C)nn(C)c1C. The normalized spacial score (nSPS) is 11.4. The van der Waals surface area contributed by atoms with Gasteiger partial charge in [0.15, 0.2) is 0 Å². The predicted octanol–water partition coefficient (Wildman–Crippen LogP) is 0.860. The van der Waals surface area contributed by atoms with Crippen molar-refractivity contribution in [1.29, 1.82) is 0 Å². The lowest BCUT2D eigenvalue weighted by Crippen LogP contribution is -2.31. The molecule has 92 valence electrons. The Hall–Kier alpha value is -0.870. The Morgan fingerprint density at radius 1 is 1.31 bits per heavy atom. The Balaban J connectivity index is 2.59. The first-order valence-corrected chi connectivity index (χ1v) is 6.01. The van der Waals surface area contributed by atoms with Gasteiger partial charge in [-0.25, -0.2) is 0 Å². The van der Waals surface area contributed by atoms with Crippen LogP contribution in [0.15, 0.2) is 0 Å². The van der Waals surface area contributed by atoms with Gasteiger partial charge in [-0.2, -0.15) is 5.10 Å². The van der Waals surface area contributed by atoms with E-state index >= 15 is 0 Å². The molecule has 1 heterocycles. The summed E-state index contributed by atoms with van der Waals surface area (Å²) in [5, 5.41) is 4.43. The van der Waals surface area contributed by atoms with Crippen LogP contribution in [0.25, 0.3) is 0 Å². The van der Waals surface area contributed by atoms with Crippen LogP contribution in [0.1, 0.15) is 23.9 Å². The van der Waals surface area contributed by atoms with Crippen LogP contribution in [0.2, 0.25) is 0 Å². The Morgan fingerprint density at radius 2 is 2.00 bits per heavy atom. The maximum atomic E-state index is 5.58. The van der Waals surface area contributed by atoms with Crippen molar-refractivity contribution in [2.45, 2.75) is 27.2 Å². The van der Waals surface area contributed by atoms with E-state index in [9.17, 15) is 0 Å². The second-order valence-electron chi connectivity index (χ2n) is 4.25. The molecular formula is C12H24N4. The zero-order valence-corrected chi connectivity index (χ0v) is 11.0. The smallest absolute Gasteiger partial charge is 0.0628 e. The third kappa shape index (κ3) is 3.06. The molecule has 0 radical (unpaired) electrons. The number of hydrogen-bond acceptors (Lipinski definition) is 3. The van der Waals surface area contributed by atoms with Crippen molar-refractivity contribution >= 4 is 0 Å². The second-order valence-corrected chi connectivity index (χ2v) is 4.25. The fourth-order valence-corrected chi connectivity index (χ4v) is 2.06. The summed E-state index contributed by atoms with van der Waals surface area (Å²) in [5.41, 5.74) is 9.40.